The van der Waals surface area contributed by atoms with Crippen molar-refractivity contribution in [2.75, 3.05) is 0 Å². The van der Waals surface area contributed by atoms with E-state index in [2.05, 4.69) is 38.0 Å². The Kier molecular flexibility index (Phi) is 5.08. The molecule has 1 rings (SSSR count). The Morgan fingerprint density at radius 3 is 2.44 bits per heavy atom. The van der Waals surface area contributed by atoms with Crippen LogP contribution in [-0.4, -0.2) is 11.2 Å². The van der Waals surface area contributed by atoms with Crippen LogP contribution in [0.2, 0.25) is 0 Å². The maximum Gasteiger partial charge on any atom is 0.0580 e. The minimum Gasteiger partial charge on any atom is -0.393 e. The van der Waals surface area contributed by atoms with Gasteiger partial charge in [-0.3, -0.25) is 0 Å². The maximum atomic E-state index is 9.84. The van der Waals surface area contributed by atoms with Crippen LogP contribution < -0.4 is 0 Å². The Morgan fingerprint density at radius 1 is 1.25 bits per heavy atom. The molecular formula is C15H20O. The first kappa shape index (κ1) is 12.8. The fourth-order valence-corrected chi connectivity index (χ4v) is 2.00. The molecule has 86 valence electrons. The van der Waals surface area contributed by atoms with Gasteiger partial charge in [0.2, 0.25) is 0 Å². The predicted octanol–water partition coefficient (Wildman–Crippen LogP) is 3.01. The van der Waals surface area contributed by atoms with Crippen molar-refractivity contribution < 1.29 is 5.11 Å². The summed E-state index contributed by atoms with van der Waals surface area (Å²) in [6, 6.07) is 6.42. The minimum absolute atomic E-state index is 0.269. The summed E-state index contributed by atoms with van der Waals surface area (Å²) in [5.41, 5.74) is 3.72. The van der Waals surface area contributed by atoms with E-state index in [1.807, 2.05) is 0 Å². The summed E-state index contributed by atoms with van der Waals surface area (Å²) in [4.78, 5) is 0. The first-order valence-electron chi connectivity index (χ1n) is 5.80. The highest BCUT2D eigenvalue weighted by Crippen LogP contribution is 2.13. The summed E-state index contributed by atoms with van der Waals surface area (Å²) in [6.45, 7) is 4.17. The number of unbranched alkanes of at least 4 members (excludes halogenated alkanes) is 1. The molecule has 0 spiro atoms. The predicted molar refractivity (Wildman–Crippen MR) is 68.3 cm³/mol. The molecule has 0 aliphatic heterocycles. The van der Waals surface area contributed by atoms with Gasteiger partial charge in [0.25, 0.3) is 0 Å². The molecule has 0 bridgehead atoms. The fraction of sp³-hybridized carbons (Fsp3) is 0.467. The number of hydrogen-bond acceptors (Lipinski definition) is 1. The summed E-state index contributed by atoms with van der Waals surface area (Å²) >= 11 is 0. The van der Waals surface area contributed by atoms with Crippen molar-refractivity contribution in [1.82, 2.24) is 0 Å². The van der Waals surface area contributed by atoms with Crippen LogP contribution in [0.4, 0.5) is 0 Å². The smallest absolute Gasteiger partial charge is 0.0580 e. The third kappa shape index (κ3) is 4.51. The molecule has 0 fully saturated rings. The lowest BCUT2D eigenvalue weighted by Crippen LogP contribution is -2.10. The van der Waals surface area contributed by atoms with Gasteiger partial charge in [-0.2, -0.15) is 0 Å². The Morgan fingerprint density at radius 2 is 1.88 bits per heavy atom. The zero-order valence-corrected chi connectivity index (χ0v) is 10.2. The molecule has 0 radical (unpaired) electrons. The molecule has 1 unspecified atom stereocenters. The van der Waals surface area contributed by atoms with Crippen LogP contribution in [0.3, 0.4) is 0 Å². The van der Waals surface area contributed by atoms with E-state index in [0.717, 1.165) is 25.7 Å². The van der Waals surface area contributed by atoms with Crippen LogP contribution in [0.15, 0.2) is 18.2 Å². The van der Waals surface area contributed by atoms with Gasteiger partial charge < -0.3 is 5.11 Å². The molecule has 1 atom stereocenters. The van der Waals surface area contributed by atoms with Crippen molar-refractivity contribution in [3.8, 4) is 12.3 Å². The second-order valence-electron chi connectivity index (χ2n) is 4.45. The van der Waals surface area contributed by atoms with E-state index < -0.39 is 0 Å². The van der Waals surface area contributed by atoms with Gasteiger partial charge in [0.15, 0.2) is 0 Å². The van der Waals surface area contributed by atoms with Crippen LogP contribution >= 0.6 is 0 Å². The van der Waals surface area contributed by atoms with Crippen LogP contribution in [0.25, 0.3) is 0 Å². The molecule has 1 aromatic rings. The zero-order valence-electron chi connectivity index (χ0n) is 10.2. The molecule has 0 amide bonds. The van der Waals surface area contributed by atoms with Gasteiger partial charge in [0.05, 0.1) is 6.10 Å². The quantitative estimate of drug-likeness (QED) is 0.592. The second-order valence-corrected chi connectivity index (χ2v) is 4.45. The molecule has 0 aliphatic rings. The molecule has 1 nitrogen and oxygen atoms in total. The lowest BCUT2D eigenvalue weighted by atomic mass is 10.00. The van der Waals surface area contributed by atoms with E-state index in [4.69, 9.17) is 6.42 Å². The molecule has 0 heterocycles. The van der Waals surface area contributed by atoms with Crippen molar-refractivity contribution in [1.29, 1.82) is 0 Å². The van der Waals surface area contributed by atoms with Gasteiger partial charge in [-0.25, -0.2) is 0 Å². The van der Waals surface area contributed by atoms with Gasteiger partial charge in [-0.15, -0.1) is 12.3 Å². The normalized spacial score (nSPS) is 12.1. The standard InChI is InChI=1S/C15H20O/c1-4-5-6-7-15(16)11-14-9-12(2)8-13(3)10-14/h1,8-10,15-16H,5-7,11H2,2-3H3. The van der Waals surface area contributed by atoms with Gasteiger partial charge in [0, 0.05) is 6.42 Å². The van der Waals surface area contributed by atoms with Crippen molar-refractivity contribution in [3.05, 3.63) is 34.9 Å². The molecule has 16 heavy (non-hydrogen) atoms. The summed E-state index contributed by atoms with van der Waals surface area (Å²) in [7, 11) is 0. The Balaban J connectivity index is 2.49. The monoisotopic (exact) mass is 216 g/mol. The Labute approximate surface area is 98.5 Å². The van der Waals surface area contributed by atoms with Crippen LogP contribution in [0.1, 0.15) is 36.0 Å². The average molecular weight is 216 g/mol. The lowest BCUT2D eigenvalue weighted by Gasteiger charge is -2.11. The van der Waals surface area contributed by atoms with Gasteiger partial charge in [-0.05, 0) is 38.7 Å². The number of rotatable bonds is 5. The van der Waals surface area contributed by atoms with Crippen LogP contribution in [0, 0.1) is 26.2 Å². The molecule has 0 aliphatic carbocycles. The van der Waals surface area contributed by atoms with Crippen molar-refractivity contribution in [2.24, 2.45) is 0 Å². The first-order valence-corrected chi connectivity index (χ1v) is 5.80. The highest BCUT2D eigenvalue weighted by Gasteiger charge is 2.05. The Hall–Kier alpha value is -1.26. The van der Waals surface area contributed by atoms with E-state index in [1.165, 1.54) is 16.7 Å². The summed E-state index contributed by atoms with van der Waals surface area (Å²) < 4.78 is 0. The first-order chi connectivity index (χ1) is 7.61. The summed E-state index contributed by atoms with van der Waals surface area (Å²) in [5.74, 6) is 2.59. The zero-order chi connectivity index (χ0) is 12.0. The molecular weight excluding hydrogens is 196 g/mol. The highest BCUT2D eigenvalue weighted by atomic mass is 16.3. The molecule has 0 saturated carbocycles. The molecule has 0 saturated heterocycles. The minimum atomic E-state index is -0.269. The van der Waals surface area contributed by atoms with Crippen molar-refractivity contribution >= 4 is 0 Å². The largest absolute Gasteiger partial charge is 0.393 e. The maximum absolute atomic E-state index is 9.84. The number of aryl methyl sites for hydroxylation is 2. The molecule has 1 aromatic carbocycles. The average Bonchev–Trinajstić information content (AvgIpc) is 2.16. The highest BCUT2D eigenvalue weighted by molar-refractivity contribution is 5.28. The van der Waals surface area contributed by atoms with Crippen LogP contribution in [0.5, 0.6) is 0 Å². The summed E-state index contributed by atoms with van der Waals surface area (Å²) in [6.07, 6.45) is 8.08. The van der Waals surface area contributed by atoms with E-state index in [0.29, 0.717) is 0 Å². The molecule has 0 aromatic heterocycles. The molecule has 1 heteroatoms. The second kappa shape index (κ2) is 6.35. The lowest BCUT2D eigenvalue weighted by molar-refractivity contribution is 0.162. The number of hydrogen-bond donors (Lipinski definition) is 1. The van der Waals surface area contributed by atoms with Crippen molar-refractivity contribution in [3.63, 3.8) is 0 Å². The number of benzene rings is 1. The Bertz CT molecular complexity index is 353. The van der Waals surface area contributed by atoms with E-state index in [1.54, 1.807) is 0 Å². The third-order valence-electron chi connectivity index (χ3n) is 2.61. The topological polar surface area (TPSA) is 20.2 Å². The summed E-state index contributed by atoms with van der Waals surface area (Å²) in [5, 5.41) is 9.84. The third-order valence-corrected chi connectivity index (χ3v) is 2.61. The fourth-order valence-electron chi connectivity index (χ4n) is 2.00. The number of aliphatic hydroxyl groups excluding tert-OH is 1. The van der Waals surface area contributed by atoms with Crippen molar-refractivity contribution in [2.45, 2.75) is 45.6 Å². The van der Waals surface area contributed by atoms with E-state index in [-0.39, 0.29) is 6.10 Å². The van der Waals surface area contributed by atoms with Crippen LogP contribution in [-0.2, 0) is 6.42 Å². The SMILES string of the molecule is C#CCCCC(O)Cc1cc(C)cc(C)c1. The van der Waals surface area contributed by atoms with Gasteiger partial charge in [0.1, 0.15) is 0 Å². The number of aliphatic hydroxyl groups is 1. The van der Waals surface area contributed by atoms with E-state index in [9.17, 15) is 5.11 Å². The van der Waals surface area contributed by atoms with E-state index >= 15 is 0 Å². The van der Waals surface area contributed by atoms with Gasteiger partial charge in [-0.1, -0.05) is 29.3 Å². The molecule has 1 N–H and O–H groups in total. The van der Waals surface area contributed by atoms with Gasteiger partial charge >= 0.3 is 0 Å². The number of terminal acetylenes is 1.